The van der Waals surface area contributed by atoms with Crippen LogP contribution in [0, 0.1) is 0 Å². The van der Waals surface area contributed by atoms with Crippen molar-refractivity contribution in [2.24, 2.45) is 0 Å². The molecule has 3 rings (SSSR count). The largest absolute Gasteiger partial charge is 0.349 e. The van der Waals surface area contributed by atoms with E-state index in [2.05, 4.69) is 26.2 Å². The Hall–Kier alpha value is -2.28. The van der Waals surface area contributed by atoms with E-state index in [9.17, 15) is 4.79 Å². The molecule has 1 aromatic carbocycles. The minimum absolute atomic E-state index is 0.0230. The lowest BCUT2D eigenvalue weighted by Crippen LogP contribution is -2.35. The van der Waals surface area contributed by atoms with Crippen LogP contribution in [-0.2, 0) is 0 Å². The fourth-order valence-electron chi connectivity index (χ4n) is 2.48. The van der Waals surface area contributed by atoms with Gasteiger partial charge in [0.2, 0.25) is 0 Å². The number of tetrazole rings is 1. The highest BCUT2D eigenvalue weighted by Gasteiger charge is 2.15. The summed E-state index contributed by atoms with van der Waals surface area (Å²) in [5, 5.41) is 17.4. The van der Waals surface area contributed by atoms with Gasteiger partial charge in [0.1, 0.15) is 6.33 Å². The normalized spacial score (nSPS) is 19.0. The highest BCUT2D eigenvalue weighted by molar-refractivity contribution is 5.94. The van der Waals surface area contributed by atoms with Crippen molar-refractivity contribution in [3.05, 3.63) is 36.2 Å². The summed E-state index contributed by atoms with van der Waals surface area (Å²) in [6.07, 6.45) is 4.63. The summed E-state index contributed by atoms with van der Waals surface area (Å²) in [5.41, 5.74) is 1.49. The van der Waals surface area contributed by atoms with Crippen LogP contribution in [0.4, 0.5) is 0 Å². The maximum absolute atomic E-state index is 12.2. The van der Waals surface area contributed by atoms with Gasteiger partial charge in [-0.15, -0.1) is 5.10 Å². The molecule has 110 valence electrons. The van der Waals surface area contributed by atoms with Crippen molar-refractivity contribution in [1.82, 2.24) is 30.8 Å². The summed E-state index contributed by atoms with van der Waals surface area (Å²) in [6.45, 7) is 2.00. The molecule has 21 heavy (non-hydrogen) atoms. The molecule has 0 spiro atoms. The molecule has 0 radical (unpaired) electrons. The van der Waals surface area contributed by atoms with E-state index in [0.717, 1.165) is 38.0 Å². The highest BCUT2D eigenvalue weighted by atomic mass is 16.1. The summed E-state index contributed by atoms with van der Waals surface area (Å²) in [5.74, 6) is -0.0230. The molecule has 1 atom stereocenters. The molecule has 1 fully saturated rings. The van der Waals surface area contributed by atoms with Gasteiger partial charge >= 0.3 is 0 Å². The Kier molecular flexibility index (Phi) is 4.20. The molecule has 7 heteroatoms. The van der Waals surface area contributed by atoms with E-state index in [-0.39, 0.29) is 11.9 Å². The Morgan fingerprint density at radius 3 is 2.86 bits per heavy atom. The van der Waals surface area contributed by atoms with Crippen LogP contribution in [0.2, 0.25) is 0 Å². The number of hydrogen-bond acceptors (Lipinski definition) is 5. The molecule has 7 nitrogen and oxygen atoms in total. The van der Waals surface area contributed by atoms with Gasteiger partial charge in [-0.2, -0.15) is 0 Å². The lowest BCUT2D eigenvalue weighted by Gasteiger charge is -2.16. The van der Waals surface area contributed by atoms with Gasteiger partial charge in [-0.25, -0.2) is 4.68 Å². The third-order valence-electron chi connectivity index (χ3n) is 3.65. The van der Waals surface area contributed by atoms with Crippen LogP contribution in [0.1, 0.15) is 29.6 Å². The molecule has 0 saturated carbocycles. The minimum Gasteiger partial charge on any atom is -0.349 e. The molecule has 2 heterocycles. The van der Waals surface area contributed by atoms with Crippen molar-refractivity contribution in [1.29, 1.82) is 0 Å². The third-order valence-corrected chi connectivity index (χ3v) is 3.65. The first-order chi connectivity index (χ1) is 10.3. The molecular formula is C14H18N6O. The molecule has 1 aliphatic heterocycles. The summed E-state index contributed by atoms with van der Waals surface area (Å²) in [7, 11) is 0. The van der Waals surface area contributed by atoms with Crippen molar-refractivity contribution in [3.8, 4) is 5.69 Å². The van der Waals surface area contributed by atoms with E-state index in [1.807, 2.05) is 12.1 Å². The topological polar surface area (TPSA) is 84.7 Å². The molecule has 1 amide bonds. The number of carbonyl (C=O) groups excluding carboxylic acids is 1. The van der Waals surface area contributed by atoms with Crippen LogP contribution >= 0.6 is 0 Å². The maximum atomic E-state index is 12.2. The van der Waals surface area contributed by atoms with Gasteiger partial charge in [-0.3, -0.25) is 4.79 Å². The summed E-state index contributed by atoms with van der Waals surface area (Å²) in [6, 6.07) is 7.51. The Balaban J connectivity index is 1.64. The quantitative estimate of drug-likeness (QED) is 0.860. The molecule has 1 aliphatic rings. The number of rotatable bonds is 3. The minimum atomic E-state index is -0.0230. The van der Waals surface area contributed by atoms with Crippen molar-refractivity contribution >= 4 is 5.91 Å². The Bertz CT molecular complexity index is 572. The number of carbonyl (C=O) groups is 1. The van der Waals surface area contributed by atoms with E-state index in [0.29, 0.717) is 5.56 Å². The molecule has 2 N–H and O–H groups in total. The van der Waals surface area contributed by atoms with Gasteiger partial charge in [-0.05, 0) is 67.0 Å². The van der Waals surface area contributed by atoms with Crippen LogP contribution in [0.5, 0.6) is 0 Å². The smallest absolute Gasteiger partial charge is 0.251 e. The standard InChI is InChI=1S/C14H18N6O/c21-14(17-12-2-1-8-15-9-7-12)11-3-5-13(6-4-11)20-10-16-18-19-20/h3-6,10,12,15H,1-2,7-9H2,(H,17,21). The number of benzene rings is 1. The predicted molar refractivity (Wildman–Crippen MR) is 77.1 cm³/mol. The molecular weight excluding hydrogens is 268 g/mol. The first-order valence-electron chi connectivity index (χ1n) is 7.18. The molecule has 1 unspecified atom stereocenters. The second-order valence-electron chi connectivity index (χ2n) is 5.15. The van der Waals surface area contributed by atoms with E-state index in [1.54, 1.807) is 16.8 Å². The third kappa shape index (κ3) is 3.43. The fraction of sp³-hybridized carbons (Fsp3) is 0.429. The van der Waals surface area contributed by atoms with Gasteiger partial charge in [0.15, 0.2) is 0 Å². The number of aromatic nitrogens is 4. The number of nitrogens with zero attached hydrogens (tertiary/aromatic N) is 4. The van der Waals surface area contributed by atoms with Crippen LogP contribution in [0.15, 0.2) is 30.6 Å². The molecule has 1 saturated heterocycles. The average molecular weight is 286 g/mol. The SMILES string of the molecule is O=C(NC1CCCNCC1)c1ccc(-n2cnnn2)cc1. The van der Waals surface area contributed by atoms with Gasteiger partial charge in [0, 0.05) is 11.6 Å². The Morgan fingerprint density at radius 2 is 2.10 bits per heavy atom. The molecule has 2 aromatic rings. The van der Waals surface area contributed by atoms with E-state index in [1.165, 1.54) is 6.33 Å². The van der Waals surface area contributed by atoms with Crippen LogP contribution in [0.3, 0.4) is 0 Å². The maximum Gasteiger partial charge on any atom is 0.251 e. The molecule has 0 bridgehead atoms. The lowest BCUT2D eigenvalue weighted by atomic mass is 10.1. The van der Waals surface area contributed by atoms with Crippen molar-refractivity contribution in [3.63, 3.8) is 0 Å². The van der Waals surface area contributed by atoms with Crippen molar-refractivity contribution < 1.29 is 4.79 Å². The lowest BCUT2D eigenvalue weighted by molar-refractivity contribution is 0.0934. The first-order valence-corrected chi connectivity index (χ1v) is 7.18. The highest BCUT2D eigenvalue weighted by Crippen LogP contribution is 2.10. The van der Waals surface area contributed by atoms with Crippen LogP contribution in [0.25, 0.3) is 5.69 Å². The zero-order valence-electron chi connectivity index (χ0n) is 11.7. The van der Waals surface area contributed by atoms with Crippen molar-refractivity contribution in [2.45, 2.75) is 25.3 Å². The number of nitrogens with one attached hydrogen (secondary N) is 2. The van der Waals surface area contributed by atoms with Gasteiger partial charge in [-0.1, -0.05) is 0 Å². The second-order valence-corrected chi connectivity index (χ2v) is 5.15. The zero-order chi connectivity index (χ0) is 14.5. The summed E-state index contributed by atoms with van der Waals surface area (Å²) in [4.78, 5) is 12.2. The Labute approximate surface area is 122 Å². The second kappa shape index (κ2) is 6.45. The first kappa shape index (κ1) is 13.7. The van der Waals surface area contributed by atoms with Crippen LogP contribution < -0.4 is 10.6 Å². The van der Waals surface area contributed by atoms with E-state index < -0.39 is 0 Å². The summed E-state index contributed by atoms with van der Waals surface area (Å²) >= 11 is 0. The van der Waals surface area contributed by atoms with E-state index >= 15 is 0 Å². The number of amides is 1. The van der Waals surface area contributed by atoms with Crippen molar-refractivity contribution in [2.75, 3.05) is 13.1 Å². The molecule has 0 aliphatic carbocycles. The van der Waals surface area contributed by atoms with Gasteiger partial charge < -0.3 is 10.6 Å². The predicted octanol–water partition coefficient (Wildman–Crippen LogP) is 0.534. The summed E-state index contributed by atoms with van der Waals surface area (Å²) < 4.78 is 1.55. The van der Waals surface area contributed by atoms with Crippen LogP contribution in [-0.4, -0.2) is 45.2 Å². The monoisotopic (exact) mass is 286 g/mol. The fourth-order valence-corrected chi connectivity index (χ4v) is 2.48. The average Bonchev–Trinajstić information content (AvgIpc) is 2.93. The zero-order valence-corrected chi connectivity index (χ0v) is 11.7. The molecule has 1 aromatic heterocycles. The van der Waals surface area contributed by atoms with Gasteiger partial charge in [0.05, 0.1) is 5.69 Å². The van der Waals surface area contributed by atoms with Gasteiger partial charge in [0.25, 0.3) is 5.91 Å². The number of hydrogen-bond donors (Lipinski definition) is 2. The van der Waals surface area contributed by atoms with E-state index in [4.69, 9.17) is 0 Å². The Morgan fingerprint density at radius 1 is 1.24 bits per heavy atom.